The standard InChI is InChI=1S/C15H18N2O/c1-11(16-2)12-6-7-15(18-3)14(9-12)13-5-4-8-17-10-13/h4-11,16H,1-3H3. The number of benzene rings is 1. The van der Waals surface area contributed by atoms with Crippen LogP contribution in [-0.4, -0.2) is 19.1 Å². The molecule has 3 heteroatoms. The number of methoxy groups -OCH3 is 1. The van der Waals surface area contributed by atoms with Crippen LogP contribution in [0.1, 0.15) is 18.5 Å². The fraction of sp³-hybridized carbons (Fsp3) is 0.267. The quantitative estimate of drug-likeness (QED) is 0.894. The summed E-state index contributed by atoms with van der Waals surface area (Å²) in [5, 5.41) is 3.24. The summed E-state index contributed by atoms with van der Waals surface area (Å²) in [4.78, 5) is 4.16. The van der Waals surface area contributed by atoms with Crippen LogP contribution >= 0.6 is 0 Å². The molecule has 0 bridgehead atoms. The number of nitrogens with zero attached hydrogens (tertiary/aromatic N) is 1. The minimum Gasteiger partial charge on any atom is -0.496 e. The zero-order valence-electron chi connectivity index (χ0n) is 11.0. The topological polar surface area (TPSA) is 34.1 Å². The molecule has 0 aliphatic carbocycles. The van der Waals surface area contributed by atoms with Gasteiger partial charge in [0.05, 0.1) is 7.11 Å². The zero-order valence-corrected chi connectivity index (χ0v) is 11.0. The lowest BCUT2D eigenvalue weighted by Gasteiger charge is -2.15. The molecule has 0 aliphatic heterocycles. The van der Waals surface area contributed by atoms with Gasteiger partial charge in [0.2, 0.25) is 0 Å². The van der Waals surface area contributed by atoms with E-state index in [0.29, 0.717) is 6.04 Å². The van der Waals surface area contributed by atoms with Crippen molar-refractivity contribution in [3.05, 3.63) is 48.3 Å². The van der Waals surface area contributed by atoms with E-state index in [-0.39, 0.29) is 0 Å². The Morgan fingerprint density at radius 3 is 2.72 bits per heavy atom. The molecule has 1 heterocycles. The maximum absolute atomic E-state index is 5.42. The molecule has 2 aromatic rings. The second kappa shape index (κ2) is 5.65. The van der Waals surface area contributed by atoms with Crippen LogP contribution in [0.4, 0.5) is 0 Å². The van der Waals surface area contributed by atoms with Gasteiger partial charge < -0.3 is 10.1 Å². The molecule has 0 fully saturated rings. The lowest BCUT2D eigenvalue weighted by molar-refractivity contribution is 0.416. The van der Waals surface area contributed by atoms with E-state index in [1.165, 1.54) is 5.56 Å². The summed E-state index contributed by atoms with van der Waals surface area (Å²) in [6, 6.07) is 10.5. The first-order valence-electron chi connectivity index (χ1n) is 6.02. The molecule has 1 N–H and O–H groups in total. The van der Waals surface area contributed by atoms with Crippen molar-refractivity contribution < 1.29 is 4.74 Å². The molecular formula is C15H18N2O. The molecule has 94 valence electrons. The largest absolute Gasteiger partial charge is 0.496 e. The molecule has 3 nitrogen and oxygen atoms in total. The zero-order chi connectivity index (χ0) is 13.0. The van der Waals surface area contributed by atoms with Crippen LogP contribution in [0.15, 0.2) is 42.7 Å². The van der Waals surface area contributed by atoms with E-state index in [9.17, 15) is 0 Å². The Hall–Kier alpha value is -1.87. The maximum atomic E-state index is 5.42. The Morgan fingerprint density at radius 1 is 1.28 bits per heavy atom. The average Bonchev–Trinajstić information content (AvgIpc) is 2.46. The summed E-state index contributed by atoms with van der Waals surface area (Å²) >= 11 is 0. The van der Waals surface area contributed by atoms with Crippen LogP contribution in [0.2, 0.25) is 0 Å². The molecule has 18 heavy (non-hydrogen) atoms. The van der Waals surface area contributed by atoms with Crippen molar-refractivity contribution in [2.45, 2.75) is 13.0 Å². The van der Waals surface area contributed by atoms with Crippen molar-refractivity contribution in [2.75, 3.05) is 14.2 Å². The molecule has 1 aromatic heterocycles. The molecule has 0 aliphatic rings. The molecular weight excluding hydrogens is 224 g/mol. The van der Waals surface area contributed by atoms with Crippen LogP contribution in [0, 0.1) is 0 Å². The lowest BCUT2D eigenvalue weighted by Crippen LogP contribution is -2.12. The Labute approximate surface area is 108 Å². The summed E-state index contributed by atoms with van der Waals surface area (Å²) in [5.41, 5.74) is 3.38. The van der Waals surface area contributed by atoms with E-state index in [1.54, 1.807) is 13.3 Å². The van der Waals surface area contributed by atoms with Crippen LogP contribution < -0.4 is 10.1 Å². The molecule has 0 saturated heterocycles. The third-order valence-corrected chi connectivity index (χ3v) is 3.13. The van der Waals surface area contributed by atoms with Crippen molar-refractivity contribution in [1.82, 2.24) is 10.3 Å². The smallest absolute Gasteiger partial charge is 0.126 e. The first-order chi connectivity index (χ1) is 8.76. The number of hydrogen-bond acceptors (Lipinski definition) is 3. The fourth-order valence-electron chi connectivity index (χ4n) is 1.91. The molecule has 1 atom stereocenters. The third kappa shape index (κ3) is 2.51. The minimum absolute atomic E-state index is 0.311. The maximum Gasteiger partial charge on any atom is 0.126 e. The predicted octanol–water partition coefficient (Wildman–Crippen LogP) is 3.04. The van der Waals surface area contributed by atoms with E-state index in [2.05, 4.69) is 29.4 Å². The van der Waals surface area contributed by atoms with Gasteiger partial charge in [0.1, 0.15) is 5.75 Å². The van der Waals surface area contributed by atoms with Gasteiger partial charge in [-0.05, 0) is 37.7 Å². The monoisotopic (exact) mass is 242 g/mol. The van der Waals surface area contributed by atoms with E-state index in [4.69, 9.17) is 4.74 Å². The van der Waals surface area contributed by atoms with Crippen LogP contribution in [0.5, 0.6) is 5.75 Å². The number of ether oxygens (including phenoxy) is 1. The molecule has 1 aromatic carbocycles. The number of rotatable bonds is 4. The van der Waals surface area contributed by atoms with E-state index >= 15 is 0 Å². The predicted molar refractivity (Wildman–Crippen MR) is 73.7 cm³/mol. The number of nitrogens with one attached hydrogen (secondary N) is 1. The summed E-state index contributed by atoms with van der Waals surface area (Å²) in [6.45, 7) is 2.13. The van der Waals surface area contributed by atoms with Crippen molar-refractivity contribution in [1.29, 1.82) is 0 Å². The van der Waals surface area contributed by atoms with Crippen molar-refractivity contribution >= 4 is 0 Å². The van der Waals surface area contributed by atoms with Gasteiger partial charge in [-0.2, -0.15) is 0 Å². The Bertz CT molecular complexity index is 511. The van der Waals surface area contributed by atoms with Gasteiger partial charge in [-0.25, -0.2) is 0 Å². The minimum atomic E-state index is 0.311. The van der Waals surface area contributed by atoms with Crippen LogP contribution in [0.25, 0.3) is 11.1 Å². The number of pyridine rings is 1. The van der Waals surface area contributed by atoms with Crippen molar-refractivity contribution in [2.24, 2.45) is 0 Å². The van der Waals surface area contributed by atoms with E-state index < -0.39 is 0 Å². The Morgan fingerprint density at radius 2 is 2.11 bits per heavy atom. The van der Waals surface area contributed by atoms with Gasteiger partial charge in [0, 0.05) is 29.6 Å². The molecule has 0 radical (unpaired) electrons. The lowest BCUT2D eigenvalue weighted by atomic mass is 10.00. The first-order valence-corrected chi connectivity index (χ1v) is 6.02. The van der Waals surface area contributed by atoms with Gasteiger partial charge >= 0.3 is 0 Å². The highest BCUT2D eigenvalue weighted by Crippen LogP contribution is 2.31. The van der Waals surface area contributed by atoms with E-state index in [0.717, 1.165) is 16.9 Å². The highest BCUT2D eigenvalue weighted by atomic mass is 16.5. The van der Waals surface area contributed by atoms with Crippen molar-refractivity contribution in [3.8, 4) is 16.9 Å². The second-order valence-corrected chi connectivity index (χ2v) is 4.21. The summed E-state index contributed by atoms with van der Waals surface area (Å²) in [7, 11) is 3.65. The molecule has 1 unspecified atom stereocenters. The SMILES string of the molecule is CNC(C)c1ccc(OC)c(-c2cccnc2)c1. The number of aromatic nitrogens is 1. The van der Waals surface area contributed by atoms with Crippen LogP contribution in [-0.2, 0) is 0 Å². The Balaban J connectivity index is 2.50. The summed E-state index contributed by atoms with van der Waals surface area (Å²) < 4.78 is 5.42. The average molecular weight is 242 g/mol. The highest BCUT2D eigenvalue weighted by Gasteiger charge is 2.10. The summed E-state index contributed by atoms with van der Waals surface area (Å²) in [6.07, 6.45) is 3.63. The van der Waals surface area contributed by atoms with Gasteiger partial charge in [-0.3, -0.25) is 4.98 Å². The molecule has 2 rings (SSSR count). The normalized spacial score (nSPS) is 12.2. The van der Waals surface area contributed by atoms with Gasteiger partial charge in [-0.15, -0.1) is 0 Å². The van der Waals surface area contributed by atoms with E-state index in [1.807, 2.05) is 31.4 Å². The highest BCUT2D eigenvalue weighted by molar-refractivity contribution is 5.70. The first kappa shape index (κ1) is 12.6. The molecule has 0 amide bonds. The molecule has 0 spiro atoms. The van der Waals surface area contributed by atoms with Gasteiger partial charge in [-0.1, -0.05) is 12.1 Å². The second-order valence-electron chi connectivity index (χ2n) is 4.21. The fourth-order valence-corrected chi connectivity index (χ4v) is 1.91. The number of hydrogen-bond donors (Lipinski definition) is 1. The Kier molecular flexibility index (Phi) is 3.95. The van der Waals surface area contributed by atoms with Crippen molar-refractivity contribution in [3.63, 3.8) is 0 Å². The van der Waals surface area contributed by atoms with Gasteiger partial charge in [0.15, 0.2) is 0 Å². The van der Waals surface area contributed by atoms with Crippen LogP contribution in [0.3, 0.4) is 0 Å². The summed E-state index contributed by atoms with van der Waals surface area (Å²) in [5.74, 6) is 0.870. The van der Waals surface area contributed by atoms with Gasteiger partial charge in [0.25, 0.3) is 0 Å². The molecule has 0 saturated carbocycles. The third-order valence-electron chi connectivity index (χ3n) is 3.13.